The van der Waals surface area contributed by atoms with E-state index in [0.29, 0.717) is 0 Å². The molecule has 0 heterocycles. The topological polar surface area (TPSA) is 0 Å². The fourth-order valence-electron chi connectivity index (χ4n) is 0.427. The van der Waals surface area contributed by atoms with Crippen LogP contribution in [0.2, 0.25) is 0 Å². The van der Waals surface area contributed by atoms with Gasteiger partial charge in [0.2, 0.25) is 0 Å². The molecule has 0 aliphatic carbocycles. The summed E-state index contributed by atoms with van der Waals surface area (Å²) in [6.45, 7) is 5.93. The quantitative estimate of drug-likeness (QED) is 0.209. The molecule has 8 heavy (non-hydrogen) atoms. The third-order valence-corrected chi connectivity index (χ3v) is 0.854. The predicted octanol–water partition coefficient (Wildman–Crippen LogP) is -3.59. The second-order valence-electron chi connectivity index (χ2n) is 1.56. The molecule has 0 amide bonds. The van der Waals surface area contributed by atoms with E-state index >= 15 is 0 Å². The first-order valence-electron chi connectivity index (χ1n) is 2.71. The Hall–Kier alpha value is 0.887. The SMILES string of the molecule is [CH2-]CCCCC.[Cl-].[Li+]. The van der Waals surface area contributed by atoms with Crippen LogP contribution < -0.4 is 31.3 Å². The van der Waals surface area contributed by atoms with E-state index < -0.39 is 0 Å². The van der Waals surface area contributed by atoms with Crippen molar-refractivity contribution in [1.82, 2.24) is 0 Å². The van der Waals surface area contributed by atoms with Crippen molar-refractivity contribution in [2.75, 3.05) is 0 Å². The van der Waals surface area contributed by atoms with E-state index in [0.717, 1.165) is 6.42 Å². The van der Waals surface area contributed by atoms with Crippen molar-refractivity contribution in [3.63, 3.8) is 0 Å². The maximum atomic E-state index is 3.72. The minimum atomic E-state index is 0. The van der Waals surface area contributed by atoms with Crippen LogP contribution in [0.5, 0.6) is 0 Å². The van der Waals surface area contributed by atoms with Crippen molar-refractivity contribution in [2.45, 2.75) is 32.6 Å². The average molecular weight is 128 g/mol. The Morgan fingerprint density at radius 1 is 1.25 bits per heavy atom. The van der Waals surface area contributed by atoms with Crippen LogP contribution in [0.1, 0.15) is 32.6 Å². The third kappa shape index (κ3) is 15.8. The van der Waals surface area contributed by atoms with Crippen LogP contribution >= 0.6 is 0 Å². The summed E-state index contributed by atoms with van der Waals surface area (Å²) in [6, 6.07) is 0. The molecule has 0 nitrogen and oxygen atoms in total. The van der Waals surface area contributed by atoms with Gasteiger partial charge < -0.3 is 19.3 Å². The largest absolute Gasteiger partial charge is 1.00 e. The molecule has 0 fully saturated rings. The molecule has 0 atom stereocenters. The van der Waals surface area contributed by atoms with Gasteiger partial charge in [0, 0.05) is 0 Å². The average Bonchev–Trinajstić information content (AvgIpc) is 1.61. The zero-order valence-corrected chi connectivity index (χ0v) is 6.67. The van der Waals surface area contributed by atoms with Gasteiger partial charge in [0.15, 0.2) is 0 Å². The van der Waals surface area contributed by atoms with Gasteiger partial charge in [0.1, 0.15) is 0 Å². The third-order valence-electron chi connectivity index (χ3n) is 0.854. The molecule has 0 radical (unpaired) electrons. The zero-order chi connectivity index (χ0) is 4.83. The second kappa shape index (κ2) is 15.7. The Kier molecular flexibility index (Phi) is 31.2. The number of unbranched alkanes of at least 4 members (excludes halogenated alkanes) is 3. The molecule has 0 bridgehead atoms. The summed E-state index contributed by atoms with van der Waals surface area (Å²) in [5, 5.41) is 0. The summed E-state index contributed by atoms with van der Waals surface area (Å²) in [4.78, 5) is 0. The summed E-state index contributed by atoms with van der Waals surface area (Å²) in [5.74, 6) is 0. The van der Waals surface area contributed by atoms with Gasteiger partial charge in [-0.3, -0.25) is 0 Å². The molecule has 0 aromatic heterocycles. The summed E-state index contributed by atoms with van der Waals surface area (Å²) in [7, 11) is 0. The van der Waals surface area contributed by atoms with Crippen molar-refractivity contribution in [2.24, 2.45) is 0 Å². The monoisotopic (exact) mass is 127 g/mol. The second-order valence-corrected chi connectivity index (χ2v) is 1.56. The van der Waals surface area contributed by atoms with Gasteiger partial charge in [-0.05, 0) is 0 Å². The van der Waals surface area contributed by atoms with Gasteiger partial charge in [-0.25, -0.2) is 0 Å². The molecule has 0 spiro atoms. The first-order chi connectivity index (χ1) is 2.91. The summed E-state index contributed by atoms with van der Waals surface area (Å²) >= 11 is 0. The minimum Gasteiger partial charge on any atom is -1.00 e. The van der Waals surface area contributed by atoms with Gasteiger partial charge in [0.25, 0.3) is 0 Å². The molecular weight excluding hydrogens is 114 g/mol. The minimum absolute atomic E-state index is 0. The van der Waals surface area contributed by atoms with Crippen LogP contribution in [-0.2, 0) is 0 Å². The molecule has 0 N–H and O–H groups in total. The van der Waals surface area contributed by atoms with E-state index in [1.165, 1.54) is 19.3 Å². The normalized spacial score (nSPS) is 6.75. The Balaban J connectivity index is -0.000000125. The summed E-state index contributed by atoms with van der Waals surface area (Å²) in [6.07, 6.45) is 5.07. The van der Waals surface area contributed by atoms with E-state index in [9.17, 15) is 0 Å². The van der Waals surface area contributed by atoms with E-state index in [2.05, 4.69) is 13.8 Å². The number of rotatable bonds is 3. The van der Waals surface area contributed by atoms with E-state index in [-0.39, 0.29) is 31.3 Å². The number of hydrogen-bond acceptors (Lipinski definition) is 0. The number of hydrogen-bond donors (Lipinski definition) is 0. The Morgan fingerprint density at radius 3 is 1.88 bits per heavy atom. The van der Waals surface area contributed by atoms with Gasteiger partial charge in [-0.2, -0.15) is 6.42 Å². The molecule has 0 aromatic carbocycles. The molecule has 0 aliphatic rings. The molecule has 2 heteroatoms. The van der Waals surface area contributed by atoms with E-state index in [4.69, 9.17) is 0 Å². The van der Waals surface area contributed by atoms with Crippen LogP contribution in [-0.4, -0.2) is 0 Å². The van der Waals surface area contributed by atoms with Crippen LogP contribution in [0.25, 0.3) is 0 Å². The maximum Gasteiger partial charge on any atom is 1.00 e. The molecule has 0 unspecified atom stereocenters. The molecule has 0 saturated heterocycles. The maximum absolute atomic E-state index is 3.72. The van der Waals surface area contributed by atoms with Crippen molar-refractivity contribution in [1.29, 1.82) is 0 Å². The van der Waals surface area contributed by atoms with Crippen LogP contribution in [0.15, 0.2) is 0 Å². The van der Waals surface area contributed by atoms with Gasteiger partial charge in [-0.15, -0.1) is 0 Å². The van der Waals surface area contributed by atoms with Gasteiger partial charge in [0.05, 0.1) is 0 Å². The molecule has 0 aromatic rings. The van der Waals surface area contributed by atoms with E-state index in [1.807, 2.05) is 0 Å². The molecule has 0 saturated carbocycles. The van der Waals surface area contributed by atoms with Crippen molar-refractivity contribution >= 4 is 0 Å². The Morgan fingerprint density at radius 2 is 1.75 bits per heavy atom. The van der Waals surface area contributed by atoms with Crippen molar-refractivity contribution in [3.8, 4) is 0 Å². The zero-order valence-electron chi connectivity index (χ0n) is 5.91. The van der Waals surface area contributed by atoms with Gasteiger partial charge >= 0.3 is 18.9 Å². The van der Waals surface area contributed by atoms with Crippen LogP contribution in [0, 0.1) is 6.92 Å². The fourth-order valence-corrected chi connectivity index (χ4v) is 0.427. The Bertz CT molecular complexity index is 20.5. The van der Waals surface area contributed by atoms with Crippen LogP contribution in [0.3, 0.4) is 0 Å². The number of halogens is 1. The standard InChI is InChI=1S/C6H13.ClH.Li/c1-3-5-6-4-2;;/h1,3-6H2,2H3;1H;/q-1;;+1/p-1. The van der Waals surface area contributed by atoms with E-state index in [1.54, 1.807) is 0 Å². The molecule has 46 valence electrons. The predicted molar refractivity (Wildman–Crippen MR) is 29.5 cm³/mol. The smallest absolute Gasteiger partial charge is 1.00 e. The first-order valence-corrected chi connectivity index (χ1v) is 2.71. The van der Waals surface area contributed by atoms with Crippen molar-refractivity contribution in [3.05, 3.63) is 6.92 Å². The first kappa shape index (κ1) is 16.0. The van der Waals surface area contributed by atoms with Crippen LogP contribution in [0.4, 0.5) is 0 Å². The molecular formula is C6H13ClLi-. The molecule has 0 rings (SSSR count). The summed E-state index contributed by atoms with van der Waals surface area (Å²) in [5.41, 5.74) is 0. The molecule has 0 aliphatic heterocycles. The fraction of sp³-hybridized carbons (Fsp3) is 0.833. The van der Waals surface area contributed by atoms with Gasteiger partial charge in [-0.1, -0.05) is 26.2 Å². The Labute approximate surface area is 71.0 Å². The van der Waals surface area contributed by atoms with Crippen molar-refractivity contribution < 1.29 is 31.3 Å². The summed E-state index contributed by atoms with van der Waals surface area (Å²) < 4.78 is 0.